The lowest BCUT2D eigenvalue weighted by molar-refractivity contribution is -0.129. The summed E-state index contributed by atoms with van der Waals surface area (Å²) in [5.41, 5.74) is 1.06. The number of carbonyl (C=O) groups excluding carboxylic acids is 2. The maximum atomic E-state index is 13.4. The van der Waals surface area contributed by atoms with E-state index in [1.54, 1.807) is 36.5 Å². The molecule has 2 aromatic heterocycles. The Hall–Kier alpha value is -2.97. The van der Waals surface area contributed by atoms with Crippen LogP contribution >= 0.6 is 15.9 Å². The van der Waals surface area contributed by atoms with Gasteiger partial charge in [-0.2, -0.15) is 0 Å². The van der Waals surface area contributed by atoms with Crippen molar-refractivity contribution < 1.29 is 19.1 Å². The van der Waals surface area contributed by atoms with Crippen LogP contribution in [0.3, 0.4) is 0 Å². The fraction of sp³-hybridized carbons (Fsp3) is 0.261. The molecule has 0 fully saturated rings. The van der Waals surface area contributed by atoms with E-state index in [2.05, 4.69) is 20.9 Å². The minimum absolute atomic E-state index is 0.00771. The van der Waals surface area contributed by atoms with Gasteiger partial charge in [0.15, 0.2) is 11.5 Å². The predicted octanol–water partition coefficient (Wildman–Crippen LogP) is 4.12. The molecule has 1 aliphatic rings. The molecule has 0 spiro atoms. The number of amides is 1. The summed E-state index contributed by atoms with van der Waals surface area (Å²) in [5, 5.41) is 11.4. The van der Waals surface area contributed by atoms with Crippen molar-refractivity contribution in [2.45, 2.75) is 12.5 Å². The van der Waals surface area contributed by atoms with Crippen molar-refractivity contribution in [2.75, 3.05) is 27.2 Å². The lowest BCUT2D eigenvalue weighted by Gasteiger charge is -2.26. The Balaban J connectivity index is 1.73. The van der Waals surface area contributed by atoms with E-state index in [9.17, 15) is 14.7 Å². The van der Waals surface area contributed by atoms with Crippen LogP contribution in [-0.4, -0.2) is 58.8 Å². The second kappa shape index (κ2) is 8.64. The average molecular weight is 484 g/mol. The van der Waals surface area contributed by atoms with Crippen LogP contribution in [0.5, 0.6) is 0 Å². The summed E-state index contributed by atoms with van der Waals surface area (Å²) < 4.78 is 6.60. The number of carbonyl (C=O) groups is 2. The number of hydrogen-bond donors (Lipinski definition) is 1. The molecule has 31 heavy (non-hydrogen) atoms. The van der Waals surface area contributed by atoms with E-state index in [1.165, 1.54) is 4.90 Å². The summed E-state index contributed by atoms with van der Waals surface area (Å²) in [7, 11) is 3.90. The molecule has 0 saturated heterocycles. The standard InChI is InChI=1S/C23H22BrN3O4/c1-26(2)10-5-11-27-20(16-6-3-4-9-25-16)19(22(29)23(27)30)21(28)18-13-14-12-15(24)7-8-17(14)31-18/h3-4,6-9,12-13,20,29H,5,10-11H2,1-2H3. The number of halogens is 1. The van der Waals surface area contributed by atoms with Crippen molar-refractivity contribution in [1.82, 2.24) is 14.8 Å². The molecule has 7 nitrogen and oxygen atoms in total. The molecular weight excluding hydrogens is 462 g/mol. The van der Waals surface area contributed by atoms with Gasteiger partial charge >= 0.3 is 0 Å². The zero-order chi connectivity index (χ0) is 22.1. The van der Waals surface area contributed by atoms with Gasteiger partial charge in [-0.3, -0.25) is 14.6 Å². The summed E-state index contributed by atoms with van der Waals surface area (Å²) in [5.74, 6) is -1.58. The Bertz CT molecular complexity index is 1170. The molecule has 4 rings (SSSR count). The summed E-state index contributed by atoms with van der Waals surface area (Å²) >= 11 is 3.41. The minimum atomic E-state index is -0.775. The highest BCUT2D eigenvalue weighted by molar-refractivity contribution is 9.10. The van der Waals surface area contributed by atoms with Crippen molar-refractivity contribution in [3.63, 3.8) is 0 Å². The van der Waals surface area contributed by atoms with E-state index in [-0.39, 0.29) is 11.3 Å². The van der Waals surface area contributed by atoms with Crippen LogP contribution < -0.4 is 0 Å². The van der Waals surface area contributed by atoms with Gasteiger partial charge in [0.25, 0.3) is 5.91 Å². The van der Waals surface area contributed by atoms with E-state index in [4.69, 9.17) is 4.42 Å². The first-order valence-electron chi connectivity index (χ1n) is 9.90. The number of aliphatic hydroxyl groups excluding tert-OH is 1. The normalized spacial score (nSPS) is 16.7. The molecule has 1 aromatic carbocycles. The van der Waals surface area contributed by atoms with Crippen LogP contribution in [0.1, 0.15) is 28.7 Å². The zero-order valence-electron chi connectivity index (χ0n) is 17.2. The van der Waals surface area contributed by atoms with Gasteiger partial charge in [0, 0.05) is 22.6 Å². The lowest BCUT2D eigenvalue weighted by Crippen LogP contribution is -2.33. The van der Waals surface area contributed by atoms with Crippen LogP contribution in [0.25, 0.3) is 11.0 Å². The highest BCUT2D eigenvalue weighted by Crippen LogP contribution is 2.39. The maximum Gasteiger partial charge on any atom is 0.290 e. The maximum absolute atomic E-state index is 13.4. The lowest BCUT2D eigenvalue weighted by atomic mass is 9.98. The number of nitrogens with zero attached hydrogens (tertiary/aromatic N) is 3. The Morgan fingerprint density at radius 3 is 2.77 bits per heavy atom. The van der Waals surface area contributed by atoms with Gasteiger partial charge in [-0.1, -0.05) is 22.0 Å². The van der Waals surface area contributed by atoms with E-state index in [1.807, 2.05) is 31.1 Å². The number of furan rings is 1. The first-order chi connectivity index (χ1) is 14.9. The second-order valence-corrected chi connectivity index (χ2v) is 8.61. The number of aromatic nitrogens is 1. The van der Waals surface area contributed by atoms with Crippen molar-refractivity contribution in [3.05, 3.63) is 75.9 Å². The Morgan fingerprint density at radius 2 is 2.06 bits per heavy atom. The summed E-state index contributed by atoms with van der Waals surface area (Å²) in [6, 6.07) is 11.6. The highest BCUT2D eigenvalue weighted by atomic mass is 79.9. The van der Waals surface area contributed by atoms with Crippen molar-refractivity contribution >= 4 is 38.6 Å². The molecule has 3 aromatic rings. The number of rotatable bonds is 7. The summed E-state index contributed by atoms with van der Waals surface area (Å²) in [6.45, 7) is 1.15. The first-order valence-corrected chi connectivity index (χ1v) is 10.7. The van der Waals surface area contributed by atoms with Crippen molar-refractivity contribution in [2.24, 2.45) is 0 Å². The van der Waals surface area contributed by atoms with Gasteiger partial charge < -0.3 is 19.3 Å². The zero-order valence-corrected chi connectivity index (χ0v) is 18.8. The van der Waals surface area contributed by atoms with Crippen LogP contribution in [0.2, 0.25) is 0 Å². The molecule has 1 unspecified atom stereocenters. The van der Waals surface area contributed by atoms with Gasteiger partial charge in [0.1, 0.15) is 11.6 Å². The molecule has 1 N–H and O–H groups in total. The van der Waals surface area contributed by atoms with E-state index in [0.717, 1.165) is 16.4 Å². The third-order valence-electron chi connectivity index (χ3n) is 5.22. The second-order valence-electron chi connectivity index (χ2n) is 7.70. The molecule has 1 amide bonds. The first kappa shape index (κ1) is 21.3. The molecule has 1 aliphatic heterocycles. The Kier molecular flexibility index (Phi) is 5.93. The molecule has 0 bridgehead atoms. The van der Waals surface area contributed by atoms with Crippen LogP contribution in [0, 0.1) is 0 Å². The molecule has 3 heterocycles. The monoisotopic (exact) mass is 483 g/mol. The number of benzene rings is 1. The SMILES string of the molecule is CN(C)CCCN1C(=O)C(O)=C(C(=O)c2cc3cc(Br)ccc3o2)C1c1ccccn1. The summed E-state index contributed by atoms with van der Waals surface area (Å²) in [6.07, 6.45) is 2.30. The summed E-state index contributed by atoms with van der Waals surface area (Å²) in [4.78, 5) is 34.2. The fourth-order valence-corrected chi connectivity index (χ4v) is 4.16. The number of fused-ring (bicyclic) bond motifs is 1. The smallest absolute Gasteiger partial charge is 0.290 e. The molecule has 8 heteroatoms. The average Bonchev–Trinajstić information content (AvgIpc) is 3.27. The van der Waals surface area contributed by atoms with Crippen molar-refractivity contribution in [1.29, 1.82) is 0 Å². The van der Waals surface area contributed by atoms with Crippen LogP contribution in [0.15, 0.2) is 68.9 Å². The number of aliphatic hydroxyl groups is 1. The largest absolute Gasteiger partial charge is 0.503 e. The van der Waals surface area contributed by atoms with Gasteiger partial charge in [-0.05, 0) is 63.5 Å². The van der Waals surface area contributed by atoms with Gasteiger partial charge in [-0.25, -0.2) is 0 Å². The number of ketones is 1. The molecule has 0 radical (unpaired) electrons. The van der Waals surface area contributed by atoms with E-state index in [0.29, 0.717) is 24.2 Å². The van der Waals surface area contributed by atoms with Gasteiger partial charge in [0.2, 0.25) is 5.78 Å². The van der Waals surface area contributed by atoms with Crippen molar-refractivity contribution in [3.8, 4) is 0 Å². The van der Waals surface area contributed by atoms with E-state index < -0.39 is 23.5 Å². The van der Waals surface area contributed by atoms with Gasteiger partial charge in [0.05, 0.1) is 11.3 Å². The number of pyridine rings is 1. The fourth-order valence-electron chi connectivity index (χ4n) is 3.78. The molecular formula is C23H22BrN3O4. The molecule has 0 aliphatic carbocycles. The molecule has 1 atom stereocenters. The van der Waals surface area contributed by atoms with Crippen LogP contribution in [-0.2, 0) is 4.79 Å². The highest BCUT2D eigenvalue weighted by Gasteiger charge is 2.44. The number of hydrogen-bond acceptors (Lipinski definition) is 6. The predicted molar refractivity (Wildman–Crippen MR) is 120 cm³/mol. The molecule has 0 saturated carbocycles. The molecule has 160 valence electrons. The van der Waals surface area contributed by atoms with E-state index >= 15 is 0 Å². The minimum Gasteiger partial charge on any atom is -0.503 e. The number of Topliss-reactive ketones (excluding diaryl/α,β-unsaturated/α-hetero) is 1. The van der Waals surface area contributed by atoms with Gasteiger partial charge in [-0.15, -0.1) is 0 Å². The Morgan fingerprint density at radius 1 is 1.26 bits per heavy atom. The third kappa shape index (κ3) is 4.13. The van der Waals surface area contributed by atoms with Crippen LogP contribution in [0.4, 0.5) is 0 Å². The third-order valence-corrected chi connectivity index (χ3v) is 5.72. The quantitative estimate of drug-likeness (QED) is 0.508. The topological polar surface area (TPSA) is 86.9 Å². The Labute approximate surface area is 188 Å².